The standard InChI is InChI=1S/C16H23ClN4/c1-3-12-15-16(20(2)19-12)21(14(18-15)6-7-17)13-9-10-4-5-11(13)8-10/h10-11,13H,3-9H2,1-2H3. The van der Waals surface area contributed by atoms with Crippen LogP contribution in [0.3, 0.4) is 0 Å². The lowest BCUT2D eigenvalue weighted by Crippen LogP contribution is -2.20. The summed E-state index contributed by atoms with van der Waals surface area (Å²) in [5.41, 5.74) is 3.43. The third-order valence-corrected chi connectivity index (χ3v) is 5.68. The second kappa shape index (κ2) is 5.01. The molecular weight excluding hydrogens is 284 g/mol. The summed E-state index contributed by atoms with van der Waals surface area (Å²) in [6, 6.07) is 0.618. The van der Waals surface area contributed by atoms with Gasteiger partial charge in [-0.1, -0.05) is 13.3 Å². The molecule has 0 saturated heterocycles. The average molecular weight is 307 g/mol. The summed E-state index contributed by atoms with van der Waals surface area (Å²) in [5.74, 6) is 3.57. The molecular formula is C16H23ClN4. The van der Waals surface area contributed by atoms with Crippen molar-refractivity contribution in [3.63, 3.8) is 0 Å². The Bertz CT molecular complexity index is 671. The molecule has 4 nitrogen and oxygen atoms in total. The fourth-order valence-corrected chi connectivity index (χ4v) is 4.79. The highest BCUT2D eigenvalue weighted by atomic mass is 35.5. The second-order valence-electron chi connectivity index (χ2n) is 6.68. The van der Waals surface area contributed by atoms with Crippen molar-refractivity contribution in [2.45, 2.75) is 51.5 Å². The number of fused-ring (bicyclic) bond motifs is 3. The van der Waals surface area contributed by atoms with Gasteiger partial charge in [0.25, 0.3) is 0 Å². The van der Waals surface area contributed by atoms with Crippen molar-refractivity contribution < 1.29 is 0 Å². The van der Waals surface area contributed by atoms with Crippen LogP contribution in [-0.4, -0.2) is 25.2 Å². The predicted octanol–water partition coefficient (Wildman–Crippen LogP) is 3.47. The van der Waals surface area contributed by atoms with E-state index in [4.69, 9.17) is 16.6 Å². The van der Waals surface area contributed by atoms with Gasteiger partial charge in [0, 0.05) is 25.4 Å². The molecule has 2 aliphatic rings. The molecule has 0 aliphatic heterocycles. The SMILES string of the molecule is CCc1nn(C)c2c1nc(CCCl)n2C1CC2CCC1C2. The summed E-state index contributed by atoms with van der Waals surface area (Å²) in [7, 11) is 2.05. The lowest BCUT2D eigenvalue weighted by molar-refractivity contribution is 0.326. The van der Waals surface area contributed by atoms with Gasteiger partial charge in [0.15, 0.2) is 5.65 Å². The number of hydrogen-bond donors (Lipinski definition) is 0. The Morgan fingerprint density at radius 2 is 2.14 bits per heavy atom. The summed E-state index contributed by atoms with van der Waals surface area (Å²) >= 11 is 6.03. The molecule has 4 rings (SSSR count). The molecule has 2 fully saturated rings. The lowest BCUT2D eigenvalue weighted by atomic mass is 9.95. The average Bonchev–Trinajstić information content (AvgIpc) is 3.20. The number of halogens is 1. The van der Waals surface area contributed by atoms with Crippen LogP contribution in [0.5, 0.6) is 0 Å². The zero-order chi connectivity index (χ0) is 14.6. The van der Waals surface area contributed by atoms with Crippen molar-refractivity contribution in [2.75, 3.05) is 5.88 Å². The van der Waals surface area contributed by atoms with Crippen LogP contribution in [0, 0.1) is 11.8 Å². The maximum absolute atomic E-state index is 6.03. The summed E-state index contributed by atoms with van der Waals surface area (Å²) in [5, 5.41) is 4.66. The highest BCUT2D eigenvalue weighted by Crippen LogP contribution is 2.51. The normalized spacial score (nSPS) is 28.0. The van der Waals surface area contributed by atoms with Crippen LogP contribution in [0.4, 0.5) is 0 Å². The van der Waals surface area contributed by atoms with E-state index in [1.807, 2.05) is 4.68 Å². The first-order valence-electron chi connectivity index (χ1n) is 8.21. The first-order chi connectivity index (χ1) is 10.2. The van der Waals surface area contributed by atoms with E-state index in [2.05, 4.69) is 23.6 Å². The first kappa shape index (κ1) is 13.6. The first-order valence-corrected chi connectivity index (χ1v) is 8.75. The Morgan fingerprint density at radius 3 is 2.76 bits per heavy atom. The molecule has 2 aromatic rings. The van der Waals surface area contributed by atoms with Crippen molar-refractivity contribution in [2.24, 2.45) is 18.9 Å². The molecule has 0 radical (unpaired) electrons. The molecule has 2 heterocycles. The largest absolute Gasteiger partial charge is 0.309 e. The van der Waals surface area contributed by atoms with Crippen LogP contribution >= 0.6 is 11.6 Å². The van der Waals surface area contributed by atoms with Crippen molar-refractivity contribution in [1.29, 1.82) is 0 Å². The molecule has 0 N–H and O–H groups in total. The van der Waals surface area contributed by atoms with E-state index in [0.29, 0.717) is 11.9 Å². The molecule has 2 bridgehead atoms. The summed E-state index contributed by atoms with van der Waals surface area (Å²) in [6.07, 6.45) is 7.32. The van der Waals surface area contributed by atoms with Gasteiger partial charge in [-0.25, -0.2) is 4.98 Å². The molecule has 0 amide bonds. The van der Waals surface area contributed by atoms with Crippen LogP contribution in [0.1, 0.15) is 50.2 Å². The van der Waals surface area contributed by atoms with Gasteiger partial charge in [0.1, 0.15) is 11.3 Å². The zero-order valence-corrected chi connectivity index (χ0v) is 13.6. The molecule has 5 heteroatoms. The van der Waals surface area contributed by atoms with Crippen LogP contribution in [-0.2, 0) is 19.9 Å². The van der Waals surface area contributed by atoms with E-state index < -0.39 is 0 Å². The van der Waals surface area contributed by atoms with Gasteiger partial charge in [-0.2, -0.15) is 5.10 Å². The second-order valence-corrected chi connectivity index (χ2v) is 7.05. The van der Waals surface area contributed by atoms with E-state index in [9.17, 15) is 0 Å². The van der Waals surface area contributed by atoms with Gasteiger partial charge >= 0.3 is 0 Å². The Kier molecular flexibility index (Phi) is 3.25. The Labute approximate surface area is 130 Å². The van der Waals surface area contributed by atoms with E-state index in [1.165, 1.54) is 37.2 Å². The van der Waals surface area contributed by atoms with Gasteiger partial charge in [0.05, 0.1) is 5.69 Å². The number of aromatic nitrogens is 4. The number of rotatable bonds is 4. The fraction of sp³-hybridized carbons (Fsp3) is 0.750. The number of aryl methyl sites for hydroxylation is 3. The van der Waals surface area contributed by atoms with Crippen LogP contribution in [0.25, 0.3) is 11.2 Å². The highest BCUT2D eigenvalue weighted by molar-refractivity contribution is 6.17. The number of alkyl halides is 1. The Hall–Kier alpha value is -1.03. The number of nitrogens with zero attached hydrogens (tertiary/aromatic N) is 4. The van der Waals surface area contributed by atoms with Crippen molar-refractivity contribution in [3.05, 3.63) is 11.5 Å². The minimum absolute atomic E-state index is 0.618. The monoisotopic (exact) mass is 306 g/mol. The smallest absolute Gasteiger partial charge is 0.158 e. The van der Waals surface area contributed by atoms with Crippen molar-refractivity contribution in [3.8, 4) is 0 Å². The van der Waals surface area contributed by atoms with Crippen LogP contribution in [0.2, 0.25) is 0 Å². The van der Waals surface area contributed by atoms with Gasteiger partial charge in [-0.15, -0.1) is 11.6 Å². The molecule has 3 unspecified atom stereocenters. The summed E-state index contributed by atoms with van der Waals surface area (Å²) in [4.78, 5) is 4.92. The van der Waals surface area contributed by atoms with Gasteiger partial charge < -0.3 is 4.57 Å². The molecule has 2 aliphatic carbocycles. The lowest BCUT2D eigenvalue weighted by Gasteiger charge is -2.25. The van der Waals surface area contributed by atoms with E-state index in [0.717, 1.165) is 35.9 Å². The van der Waals surface area contributed by atoms with Crippen molar-refractivity contribution in [1.82, 2.24) is 19.3 Å². The molecule has 114 valence electrons. The third-order valence-electron chi connectivity index (χ3n) is 5.49. The van der Waals surface area contributed by atoms with Gasteiger partial charge in [-0.3, -0.25) is 4.68 Å². The van der Waals surface area contributed by atoms with E-state index >= 15 is 0 Å². The Morgan fingerprint density at radius 1 is 1.29 bits per heavy atom. The minimum atomic E-state index is 0.618. The molecule has 2 aromatic heterocycles. The fourth-order valence-electron chi connectivity index (χ4n) is 4.62. The van der Waals surface area contributed by atoms with Gasteiger partial charge in [0.2, 0.25) is 0 Å². The van der Waals surface area contributed by atoms with Crippen LogP contribution in [0.15, 0.2) is 0 Å². The van der Waals surface area contributed by atoms with E-state index in [-0.39, 0.29) is 0 Å². The molecule has 0 spiro atoms. The molecule has 0 aromatic carbocycles. The minimum Gasteiger partial charge on any atom is -0.309 e. The maximum Gasteiger partial charge on any atom is 0.158 e. The topological polar surface area (TPSA) is 35.6 Å². The molecule has 21 heavy (non-hydrogen) atoms. The molecule has 2 saturated carbocycles. The quantitative estimate of drug-likeness (QED) is 0.811. The third kappa shape index (κ3) is 1.95. The number of hydrogen-bond acceptors (Lipinski definition) is 2. The maximum atomic E-state index is 6.03. The predicted molar refractivity (Wildman–Crippen MR) is 84.8 cm³/mol. The highest BCUT2D eigenvalue weighted by Gasteiger charge is 2.42. The summed E-state index contributed by atoms with van der Waals surface area (Å²) < 4.78 is 4.53. The summed E-state index contributed by atoms with van der Waals surface area (Å²) in [6.45, 7) is 2.15. The Balaban J connectivity index is 1.88. The van der Waals surface area contributed by atoms with E-state index in [1.54, 1.807) is 0 Å². The molecule has 3 atom stereocenters. The zero-order valence-electron chi connectivity index (χ0n) is 12.8. The van der Waals surface area contributed by atoms with Crippen molar-refractivity contribution >= 4 is 22.8 Å². The van der Waals surface area contributed by atoms with Crippen LogP contribution < -0.4 is 0 Å². The number of imidazole rings is 1. The van der Waals surface area contributed by atoms with Gasteiger partial charge in [-0.05, 0) is 37.5 Å².